The molecule has 0 aliphatic heterocycles. The lowest BCUT2D eigenvalue weighted by atomic mass is 10.2. The zero-order valence-corrected chi connectivity index (χ0v) is 9.68. The normalized spacial score (nSPS) is 11.8. The third kappa shape index (κ3) is 2.56. The molecule has 0 bridgehead atoms. The minimum absolute atomic E-state index is 0.0420. The number of halogens is 5. The lowest BCUT2D eigenvalue weighted by Crippen LogP contribution is -2.06. The molecule has 1 aromatic carbocycles. The van der Waals surface area contributed by atoms with Crippen molar-refractivity contribution >= 4 is 23.2 Å². The number of alkyl halides is 3. The number of hydrogen-bond acceptors (Lipinski definition) is 1. The molecular weight excluding hydrogens is 276 g/mol. The standard InChI is InChI=1S/C10H5Cl2F3N2/c11-7-5-6(10(13,14)15)1-2-8(7)17-4-3-9(12)16-17/h1-5H. The number of benzene rings is 1. The molecule has 1 aromatic heterocycles. The second-order valence-electron chi connectivity index (χ2n) is 3.25. The van der Waals surface area contributed by atoms with Crippen LogP contribution in [0.3, 0.4) is 0 Å². The SMILES string of the molecule is FC(F)(F)c1ccc(-n2ccc(Cl)n2)c(Cl)c1. The van der Waals surface area contributed by atoms with E-state index in [1.807, 2.05) is 0 Å². The van der Waals surface area contributed by atoms with Crippen molar-refractivity contribution in [1.82, 2.24) is 9.78 Å². The minimum atomic E-state index is -4.41. The zero-order chi connectivity index (χ0) is 12.6. The zero-order valence-electron chi connectivity index (χ0n) is 8.17. The molecule has 17 heavy (non-hydrogen) atoms. The van der Waals surface area contributed by atoms with E-state index in [1.165, 1.54) is 23.0 Å². The van der Waals surface area contributed by atoms with Crippen molar-refractivity contribution in [3.8, 4) is 5.69 Å². The van der Waals surface area contributed by atoms with Crippen LogP contribution in [-0.4, -0.2) is 9.78 Å². The van der Waals surface area contributed by atoms with Crippen LogP contribution in [0, 0.1) is 0 Å². The van der Waals surface area contributed by atoms with Crippen LogP contribution >= 0.6 is 23.2 Å². The maximum Gasteiger partial charge on any atom is 0.416 e. The number of rotatable bonds is 1. The van der Waals surface area contributed by atoms with Gasteiger partial charge in [0.15, 0.2) is 5.15 Å². The lowest BCUT2D eigenvalue weighted by Gasteiger charge is -2.09. The highest BCUT2D eigenvalue weighted by molar-refractivity contribution is 6.32. The van der Waals surface area contributed by atoms with Crippen molar-refractivity contribution < 1.29 is 13.2 Å². The van der Waals surface area contributed by atoms with Crippen molar-refractivity contribution in [3.05, 3.63) is 46.2 Å². The summed E-state index contributed by atoms with van der Waals surface area (Å²) in [6.45, 7) is 0. The predicted octanol–water partition coefficient (Wildman–Crippen LogP) is 4.20. The molecule has 2 aromatic rings. The maximum absolute atomic E-state index is 12.4. The van der Waals surface area contributed by atoms with Crippen LogP contribution in [0.1, 0.15) is 5.56 Å². The molecule has 0 spiro atoms. The van der Waals surface area contributed by atoms with E-state index >= 15 is 0 Å². The van der Waals surface area contributed by atoms with Gasteiger partial charge in [-0.1, -0.05) is 23.2 Å². The molecule has 0 saturated heterocycles. The Morgan fingerprint density at radius 1 is 1.12 bits per heavy atom. The van der Waals surface area contributed by atoms with Crippen LogP contribution in [0.4, 0.5) is 13.2 Å². The topological polar surface area (TPSA) is 17.8 Å². The van der Waals surface area contributed by atoms with E-state index in [-0.39, 0.29) is 10.2 Å². The Balaban J connectivity index is 2.45. The van der Waals surface area contributed by atoms with E-state index in [2.05, 4.69) is 5.10 Å². The Hall–Kier alpha value is -1.20. The molecule has 0 amide bonds. The second-order valence-corrected chi connectivity index (χ2v) is 4.04. The molecule has 0 N–H and O–H groups in total. The van der Waals surface area contributed by atoms with Gasteiger partial charge in [-0.3, -0.25) is 0 Å². The Bertz CT molecular complexity index is 549. The second kappa shape index (κ2) is 4.23. The van der Waals surface area contributed by atoms with Gasteiger partial charge in [0.1, 0.15) is 0 Å². The maximum atomic E-state index is 12.4. The van der Waals surface area contributed by atoms with Crippen LogP contribution in [0.2, 0.25) is 10.2 Å². The van der Waals surface area contributed by atoms with Crippen LogP contribution in [0.15, 0.2) is 30.5 Å². The number of hydrogen-bond donors (Lipinski definition) is 0. The molecule has 0 aliphatic carbocycles. The summed E-state index contributed by atoms with van der Waals surface area (Å²) in [5.74, 6) is 0. The Morgan fingerprint density at radius 3 is 2.29 bits per heavy atom. The summed E-state index contributed by atoms with van der Waals surface area (Å²) in [6.07, 6.45) is -2.90. The summed E-state index contributed by atoms with van der Waals surface area (Å²) in [4.78, 5) is 0. The van der Waals surface area contributed by atoms with Crippen LogP contribution in [-0.2, 0) is 6.18 Å². The summed E-state index contributed by atoms with van der Waals surface area (Å²) >= 11 is 11.4. The molecule has 0 unspecified atom stereocenters. The van der Waals surface area contributed by atoms with Gasteiger partial charge in [0.05, 0.1) is 16.3 Å². The molecule has 2 nitrogen and oxygen atoms in total. The fraction of sp³-hybridized carbons (Fsp3) is 0.100. The summed E-state index contributed by atoms with van der Waals surface area (Å²) in [5.41, 5.74) is -0.462. The van der Waals surface area contributed by atoms with Crippen molar-refractivity contribution in [1.29, 1.82) is 0 Å². The molecular formula is C10H5Cl2F3N2. The number of aromatic nitrogens is 2. The summed E-state index contributed by atoms with van der Waals surface area (Å²) in [7, 11) is 0. The lowest BCUT2D eigenvalue weighted by molar-refractivity contribution is -0.137. The van der Waals surface area contributed by atoms with Gasteiger partial charge < -0.3 is 0 Å². The fourth-order valence-electron chi connectivity index (χ4n) is 1.30. The molecule has 2 rings (SSSR count). The van der Waals surface area contributed by atoms with Gasteiger partial charge in [-0.15, -0.1) is 0 Å². The third-order valence-electron chi connectivity index (χ3n) is 2.08. The van der Waals surface area contributed by atoms with E-state index in [4.69, 9.17) is 23.2 Å². The average molecular weight is 281 g/mol. The third-order valence-corrected chi connectivity index (χ3v) is 2.58. The van der Waals surface area contributed by atoms with Gasteiger partial charge in [-0.25, -0.2) is 4.68 Å². The minimum Gasteiger partial charge on any atom is -0.238 e. The molecule has 0 saturated carbocycles. The first kappa shape index (κ1) is 12.3. The molecule has 0 radical (unpaired) electrons. The average Bonchev–Trinajstić information content (AvgIpc) is 2.63. The molecule has 90 valence electrons. The van der Waals surface area contributed by atoms with Gasteiger partial charge in [-0.05, 0) is 24.3 Å². The molecule has 0 aliphatic rings. The smallest absolute Gasteiger partial charge is 0.238 e. The van der Waals surface area contributed by atoms with E-state index in [0.717, 1.165) is 12.1 Å². The summed E-state index contributed by atoms with van der Waals surface area (Å²) < 4.78 is 38.5. The van der Waals surface area contributed by atoms with E-state index in [1.54, 1.807) is 0 Å². The van der Waals surface area contributed by atoms with Gasteiger partial charge in [-0.2, -0.15) is 18.3 Å². The van der Waals surface area contributed by atoms with Gasteiger partial charge >= 0.3 is 6.18 Å². The van der Waals surface area contributed by atoms with E-state index in [0.29, 0.717) is 5.69 Å². The van der Waals surface area contributed by atoms with E-state index < -0.39 is 11.7 Å². The summed E-state index contributed by atoms with van der Waals surface area (Å²) in [5, 5.41) is 4.04. The van der Waals surface area contributed by atoms with Crippen molar-refractivity contribution in [3.63, 3.8) is 0 Å². The molecule has 0 atom stereocenters. The number of nitrogens with zero attached hydrogens (tertiary/aromatic N) is 2. The largest absolute Gasteiger partial charge is 0.416 e. The van der Waals surface area contributed by atoms with Crippen molar-refractivity contribution in [2.75, 3.05) is 0 Å². The fourth-order valence-corrected chi connectivity index (χ4v) is 1.71. The Labute approximate surface area is 105 Å². The Morgan fingerprint density at radius 2 is 1.82 bits per heavy atom. The van der Waals surface area contributed by atoms with Gasteiger partial charge in [0, 0.05) is 6.20 Å². The van der Waals surface area contributed by atoms with E-state index in [9.17, 15) is 13.2 Å². The highest BCUT2D eigenvalue weighted by Crippen LogP contribution is 2.33. The van der Waals surface area contributed by atoms with Gasteiger partial charge in [0.2, 0.25) is 0 Å². The van der Waals surface area contributed by atoms with Gasteiger partial charge in [0.25, 0.3) is 0 Å². The molecule has 1 heterocycles. The first-order chi connectivity index (χ1) is 7.88. The highest BCUT2D eigenvalue weighted by Gasteiger charge is 2.31. The summed E-state index contributed by atoms with van der Waals surface area (Å²) in [6, 6.07) is 4.55. The first-order valence-corrected chi connectivity index (χ1v) is 5.22. The van der Waals surface area contributed by atoms with Crippen LogP contribution in [0.5, 0.6) is 0 Å². The van der Waals surface area contributed by atoms with Crippen molar-refractivity contribution in [2.24, 2.45) is 0 Å². The molecule has 0 fully saturated rings. The quantitative estimate of drug-likeness (QED) is 0.766. The molecule has 7 heteroatoms. The van der Waals surface area contributed by atoms with Crippen LogP contribution in [0.25, 0.3) is 5.69 Å². The first-order valence-electron chi connectivity index (χ1n) is 4.46. The Kier molecular flexibility index (Phi) is 3.05. The predicted molar refractivity (Wildman–Crippen MR) is 58.6 cm³/mol. The van der Waals surface area contributed by atoms with Crippen LogP contribution < -0.4 is 0 Å². The van der Waals surface area contributed by atoms with Crippen molar-refractivity contribution in [2.45, 2.75) is 6.18 Å². The highest BCUT2D eigenvalue weighted by atomic mass is 35.5. The monoisotopic (exact) mass is 280 g/mol.